The van der Waals surface area contributed by atoms with Crippen LogP contribution in [0.2, 0.25) is 0 Å². The highest BCUT2D eigenvalue weighted by Gasteiger charge is 2.30. The van der Waals surface area contributed by atoms with Crippen LogP contribution in [0, 0.1) is 5.92 Å². The second-order valence-electron chi connectivity index (χ2n) is 7.22. The molecule has 0 radical (unpaired) electrons. The van der Waals surface area contributed by atoms with Gasteiger partial charge in [0.1, 0.15) is 19.3 Å². The number of carbonyl (C=O) groups excluding carboxylic acids is 1. The number of ether oxygens (including phenoxy) is 2. The number of unbranched alkanes of at least 4 members (excludes halogenated alkanes) is 1. The van der Waals surface area contributed by atoms with Crippen molar-refractivity contribution in [1.29, 1.82) is 0 Å². The van der Waals surface area contributed by atoms with Crippen LogP contribution in [0.1, 0.15) is 46.5 Å². The standard InChI is InChI=1S/C20H32N2O5S/c1-5-7-8-16(6-2)14-21-20(23)15(3)22(28(4,24)25)17-9-10-18-19(13-17)27-12-11-26-18/h9-10,13,15-16H,5-8,11-12,14H2,1-4H3,(H,21,23)/t15-,16-/m0/s1. The summed E-state index contributed by atoms with van der Waals surface area (Å²) < 4.78 is 37.1. The Balaban J connectivity index is 2.15. The molecule has 0 saturated heterocycles. The Bertz CT molecular complexity index is 766. The van der Waals surface area contributed by atoms with Crippen molar-refractivity contribution < 1.29 is 22.7 Å². The fourth-order valence-electron chi connectivity index (χ4n) is 3.31. The predicted molar refractivity (Wildman–Crippen MR) is 111 cm³/mol. The molecule has 0 saturated carbocycles. The lowest BCUT2D eigenvalue weighted by Crippen LogP contribution is -2.48. The zero-order chi connectivity index (χ0) is 20.7. The molecule has 158 valence electrons. The van der Waals surface area contributed by atoms with Gasteiger partial charge in [0, 0.05) is 12.6 Å². The third kappa shape index (κ3) is 5.77. The average Bonchev–Trinajstić information content (AvgIpc) is 2.66. The molecule has 1 aromatic rings. The van der Waals surface area contributed by atoms with Crippen LogP contribution < -0.4 is 19.1 Å². The smallest absolute Gasteiger partial charge is 0.243 e. The molecule has 7 nitrogen and oxygen atoms in total. The molecule has 0 bridgehead atoms. The van der Waals surface area contributed by atoms with E-state index in [-0.39, 0.29) is 5.91 Å². The van der Waals surface area contributed by atoms with Crippen LogP contribution >= 0.6 is 0 Å². The molecule has 0 aliphatic carbocycles. The lowest BCUT2D eigenvalue weighted by Gasteiger charge is -2.30. The number of amides is 1. The minimum atomic E-state index is -3.67. The van der Waals surface area contributed by atoms with Crippen LogP contribution in [0.4, 0.5) is 5.69 Å². The highest BCUT2D eigenvalue weighted by molar-refractivity contribution is 7.92. The van der Waals surface area contributed by atoms with Crippen molar-refractivity contribution in [2.75, 3.05) is 30.3 Å². The van der Waals surface area contributed by atoms with Gasteiger partial charge in [0.15, 0.2) is 11.5 Å². The number of anilines is 1. The third-order valence-corrected chi connectivity index (χ3v) is 6.22. The van der Waals surface area contributed by atoms with Crippen molar-refractivity contribution in [3.8, 4) is 11.5 Å². The first-order chi connectivity index (χ1) is 13.3. The Labute approximate surface area is 168 Å². The first-order valence-electron chi connectivity index (χ1n) is 9.94. The van der Waals surface area contributed by atoms with Crippen LogP contribution in [-0.2, 0) is 14.8 Å². The molecule has 2 atom stereocenters. The minimum absolute atomic E-state index is 0.310. The zero-order valence-corrected chi connectivity index (χ0v) is 18.0. The maximum Gasteiger partial charge on any atom is 0.243 e. The van der Waals surface area contributed by atoms with Gasteiger partial charge in [-0.3, -0.25) is 9.10 Å². The van der Waals surface area contributed by atoms with E-state index in [0.29, 0.717) is 42.9 Å². The summed E-state index contributed by atoms with van der Waals surface area (Å²) >= 11 is 0. The Morgan fingerprint density at radius 1 is 1.21 bits per heavy atom. The predicted octanol–water partition coefficient (Wildman–Crippen LogP) is 2.94. The molecule has 28 heavy (non-hydrogen) atoms. The first-order valence-corrected chi connectivity index (χ1v) is 11.8. The molecule has 0 spiro atoms. The molecule has 1 aliphatic rings. The number of sulfonamides is 1. The number of nitrogens with zero attached hydrogens (tertiary/aromatic N) is 1. The van der Waals surface area contributed by atoms with E-state index in [9.17, 15) is 13.2 Å². The zero-order valence-electron chi connectivity index (χ0n) is 17.2. The highest BCUT2D eigenvalue weighted by atomic mass is 32.2. The van der Waals surface area contributed by atoms with E-state index in [0.717, 1.165) is 36.2 Å². The number of rotatable bonds is 10. The van der Waals surface area contributed by atoms with E-state index in [1.165, 1.54) is 0 Å². The van der Waals surface area contributed by atoms with Gasteiger partial charge in [0.05, 0.1) is 11.9 Å². The summed E-state index contributed by atoms with van der Waals surface area (Å²) in [6, 6.07) is 4.04. The first kappa shape index (κ1) is 22.3. The number of hydrogen-bond donors (Lipinski definition) is 1. The lowest BCUT2D eigenvalue weighted by molar-refractivity contribution is -0.122. The number of nitrogens with one attached hydrogen (secondary N) is 1. The largest absolute Gasteiger partial charge is 0.486 e. The molecule has 1 heterocycles. The summed E-state index contributed by atoms with van der Waals surface area (Å²) in [5, 5.41) is 2.93. The van der Waals surface area contributed by atoms with Crippen molar-refractivity contribution in [1.82, 2.24) is 5.32 Å². The van der Waals surface area contributed by atoms with Gasteiger partial charge in [-0.1, -0.05) is 33.1 Å². The quantitative estimate of drug-likeness (QED) is 0.639. The van der Waals surface area contributed by atoms with Crippen molar-refractivity contribution >= 4 is 21.6 Å². The van der Waals surface area contributed by atoms with E-state index in [2.05, 4.69) is 19.2 Å². The van der Waals surface area contributed by atoms with E-state index < -0.39 is 16.1 Å². The van der Waals surface area contributed by atoms with Gasteiger partial charge in [0.2, 0.25) is 15.9 Å². The minimum Gasteiger partial charge on any atom is -0.486 e. The molecule has 1 aliphatic heterocycles. The van der Waals surface area contributed by atoms with Crippen molar-refractivity contribution in [3.05, 3.63) is 18.2 Å². The summed E-state index contributed by atoms with van der Waals surface area (Å²) in [5.74, 6) is 1.14. The van der Waals surface area contributed by atoms with Crippen LogP contribution in [0.5, 0.6) is 11.5 Å². The second-order valence-corrected chi connectivity index (χ2v) is 9.08. The van der Waals surface area contributed by atoms with Gasteiger partial charge in [0.25, 0.3) is 0 Å². The number of benzene rings is 1. The van der Waals surface area contributed by atoms with Crippen LogP contribution in [0.3, 0.4) is 0 Å². The van der Waals surface area contributed by atoms with Gasteiger partial charge >= 0.3 is 0 Å². The van der Waals surface area contributed by atoms with Crippen molar-refractivity contribution in [2.45, 2.75) is 52.5 Å². The summed E-state index contributed by atoms with van der Waals surface area (Å²) in [7, 11) is -3.67. The number of carbonyl (C=O) groups is 1. The molecule has 8 heteroatoms. The highest BCUT2D eigenvalue weighted by Crippen LogP contribution is 2.35. The number of hydrogen-bond acceptors (Lipinski definition) is 5. The van der Waals surface area contributed by atoms with Crippen molar-refractivity contribution in [3.63, 3.8) is 0 Å². The van der Waals surface area contributed by atoms with Gasteiger partial charge in [-0.15, -0.1) is 0 Å². The lowest BCUT2D eigenvalue weighted by atomic mass is 9.99. The van der Waals surface area contributed by atoms with Crippen LogP contribution in [-0.4, -0.2) is 46.4 Å². The van der Waals surface area contributed by atoms with Gasteiger partial charge in [-0.2, -0.15) is 0 Å². The summed E-state index contributed by atoms with van der Waals surface area (Å²) in [6.45, 7) is 7.26. The topological polar surface area (TPSA) is 84.9 Å². The summed E-state index contributed by atoms with van der Waals surface area (Å²) in [6.07, 6.45) is 5.37. The Kier molecular flexibility index (Phi) is 7.98. The molecular weight excluding hydrogens is 380 g/mol. The maximum atomic E-state index is 12.7. The Morgan fingerprint density at radius 3 is 2.50 bits per heavy atom. The summed E-state index contributed by atoms with van der Waals surface area (Å²) in [4.78, 5) is 12.7. The second kappa shape index (κ2) is 10.0. The van der Waals surface area contributed by atoms with E-state index in [1.54, 1.807) is 25.1 Å². The molecular formula is C20H32N2O5S. The monoisotopic (exact) mass is 412 g/mol. The molecule has 0 unspecified atom stereocenters. The fraction of sp³-hybridized carbons (Fsp3) is 0.650. The van der Waals surface area contributed by atoms with E-state index in [1.807, 2.05) is 0 Å². The molecule has 1 N–H and O–H groups in total. The Hall–Kier alpha value is -1.96. The van der Waals surface area contributed by atoms with Gasteiger partial charge in [-0.05, 0) is 31.4 Å². The van der Waals surface area contributed by atoms with E-state index >= 15 is 0 Å². The maximum absolute atomic E-state index is 12.7. The molecule has 0 aromatic heterocycles. The molecule has 1 aromatic carbocycles. The molecule has 1 amide bonds. The van der Waals surface area contributed by atoms with Gasteiger partial charge < -0.3 is 14.8 Å². The fourth-order valence-corrected chi connectivity index (χ4v) is 4.48. The van der Waals surface area contributed by atoms with Crippen molar-refractivity contribution in [2.24, 2.45) is 5.92 Å². The van der Waals surface area contributed by atoms with Gasteiger partial charge in [-0.25, -0.2) is 8.42 Å². The van der Waals surface area contributed by atoms with E-state index in [4.69, 9.17) is 9.47 Å². The average molecular weight is 413 g/mol. The molecule has 0 fully saturated rings. The van der Waals surface area contributed by atoms with Crippen LogP contribution in [0.25, 0.3) is 0 Å². The Morgan fingerprint density at radius 2 is 1.89 bits per heavy atom. The normalized spacial score (nSPS) is 15.6. The van der Waals surface area contributed by atoms with Crippen LogP contribution in [0.15, 0.2) is 18.2 Å². The molecule has 2 rings (SSSR count). The SMILES string of the molecule is CCCC[C@H](CC)CNC(=O)[C@H](C)N(c1ccc2c(c1)OCCO2)S(C)(=O)=O. The number of fused-ring (bicyclic) bond motifs is 1. The third-order valence-electron chi connectivity index (χ3n) is 4.98. The summed E-state index contributed by atoms with van der Waals surface area (Å²) in [5.41, 5.74) is 0.382.